The van der Waals surface area contributed by atoms with Gasteiger partial charge in [0.1, 0.15) is 5.69 Å². The summed E-state index contributed by atoms with van der Waals surface area (Å²) in [7, 11) is 1.34. The third-order valence-corrected chi connectivity index (χ3v) is 2.99. The summed E-state index contributed by atoms with van der Waals surface area (Å²) in [5, 5.41) is 2.57. The van der Waals surface area contributed by atoms with Crippen LogP contribution in [0.25, 0.3) is 0 Å². The number of ether oxygens (including phenoxy) is 2. The van der Waals surface area contributed by atoms with E-state index in [-0.39, 0.29) is 11.5 Å². The Hall–Kier alpha value is -2.09. The van der Waals surface area contributed by atoms with E-state index in [1.54, 1.807) is 12.3 Å². The van der Waals surface area contributed by atoms with E-state index in [0.717, 1.165) is 4.47 Å². The van der Waals surface area contributed by atoms with Crippen molar-refractivity contribution in [2.45, 2.75) is 6.61 Å². The molecule has 1 amide bonds. The van der Waals surface area contributed by atoms with Gasteiger partial charge in [-0.2, -0.15) is 8.78 Å². The van der Waals surface area contributed by atoms with Crippen LogP contribution in [0.4, 0.5) is 14.5 Å². The summed E-state index contributed by atoms with van der Waals surface area (Å²) in [5.74, 6) is -0.414. The number of carbonyl (C=O) groups is 1. The van der Waals surface area contributed by atoms with E-state index >= 15 is 0 Å². The fraction of sp³-hybridized carbons (Fsp3) is 0.154. The van der Waals surface area contributed by atoms with Gasteiger partial charge < -0.3 is 19.8 Å². The van der Waals surface area contributed by atoms with Crippen molar-refractivity contribution in [3.05, 3.63) is 40.6 Å². The SMILES string of the molecule is COc1ccc(NC(=O)c2cc(Br)c[nH]2)cc1OC(F)F. The summed E-state index contributed by atoms with van der Waals surface area (Å²) in [6.45, 7) is -2.98. The molecule has 0 bridgehead atoms. The molecule has 0 aliphatic carbocycles. The molecule has 1 heterocycles. The third kappa shape index (κ3) is 3.94. The van der Waals surface area contributed by atoms with E-state index < -0.39 is 12.5 Å². The molecule has 8 heteroatoms. The molecule has 1 aromatic heterocycles. The largest absolute Gasteiger partial charge is 0.493 e. The number of methoxy groups -OCH3 is 1. The highest BCUT2D eigenvalue weighted by atomic mass is 79.9. The fourth-order valence-corrected chi connectivity index (χ4v) is 1.98. The van der Waals surface area contributed by atoms with Crippen molar-refractivity contribution in [1.29, 1.82) is 0 Å². The fourth-order valence-electron chi connectivity index (χ4n) is 1.64. The Balaban J connectivity index is 2.18. The van der Waals surface area contributed by atoms with Crippen LogP contribution in [0.3, 0.4) is 0 Å². The number of hydrogen-bond acceptors (Lipinski definition) is 3. The lowest BCUT2D eigenvalue weighted by atomic mass is 10.2. The zero-order valence-electron chi connectivity index (χ0n) is 10.8. The van der Waals surface area contributed by atoms with Crippen LogP contribution in [0.1, 0.15) is 10.5 Å². The number of nitrogens with one attached hydrogen (secondary N) is 2. The van der Waals surface area contributed by atoms with Crippen LogP contribution in [-0.4, -0.2) is 24.6 Å². The van der Waals surface area contributed by atoms with Crippen molar-refractivity contribution in [2.24, 2.45) is 0 Å². The molecule has 0 fully saturated rings. The highest BCUT2D eigenvalue weighted by Crippen LogP contribution is 2.31. The predicted octanol–water partition coefficient (Wildman–Crippen LogP) is 3.64. The Labute approximate surface area is 127 Å². The van der Waals surface area contributed by atoms with Gasteiger partial charge in [0.15, 0.2) is 11.5 Å². The molecule has 2 rings (SSSR count). The summed E-state index contributed by atoms with van der Waals surface area (Å²) < 4.78 is 34.6. The molecule has 0 saturated heterocycles. The minimum Gasteiger partial charge on any atom is -0.493 e. The molecule has 1 aromatic carbocycles. The highest BCUT2D eigenvalue weighted by Gasteiger charge is 2.13. The standard InChI is InChI=1S/C13H11BrF2N2O3/c1-20-10-3-2-8(5-11(10)21-13(15)16)18-12(19)9-4-7(14)6-17-9/h2-6,13,17H,1H3,(H,18,19). The average Bonchev–Trinajstić information content (AvgIpc) is 2.85. The number of rotatable bonds is 5. The van der Waals surface area contributed by atoms with Crippen molar-refractivity contribution < 1.29 is 23.0 Å². The Morgan fingerprint density at radius 1 is 1.33 bits per heavy atom. The molecule has 0 unspecified atom stereocenters. The minimum atomic E-state index is -2.98. The lowest BCUT2D eigenvalue weighted by molar-refractivity contribution is -0.0511. The number of halogens is 3. The summed E-state index contributed by atoms with van der Waals surface area (Å²) in [4.78, 5) is 14.7. The molecule has 0 aliphatic rings. The molecular weight excluding hydrogens is 350 g/mol. The first-order valence-corrected chi connectivity index (χ1v) is 6.57. The van der Waals surface area contributed by atoms with Gasteiger partial charge in [0.25, 0.3) is 5.91 Å². The van der Waals surface area contributed by atoms with Crippen molar-refractivity contribution >= 4 is 27.5 Å². The monoisotopic (exact) mass is 360 g/mol. The van der Waals surface area contributed by atoms with Gasteiger partial charge >= 0.3 is 6.61 Å². The van der Waals surface area contributed by atoms with Gasteiger partial charge in [0.05, 0.1) is 7.11 Å². The van der Waals surface area contributed by atoms with Gasteiger partial charge in [0.2, 0.25) is 0 Å². The Morgan fingerprint density at radius 3 is 2.67 bits per heavy atom. The van der Waals surface area contributed by atoms with Crippen molar-refractivity contribution in [1.82, 2.24) is 4.98 Å². The highest BCUT2D eigenvalue weighted by molar-refractivity contribution is 9.10. The van der Waals surface area contributed by atoms with Crippen LogP contribution in [0.5, 0.6) is 11.5 Å². The molecule has 2 N–H and O–H groups in total. The van der Waals surface area contributed by atoms with E-state index in [0.29, 0.717) is 11.4 Å². The molecule has 5 nitrogen and oxygen atoms in total. The van der Waals surface area contributed by atoms with Gasteiger partial charge in [-0.05, 0) is 34.1 Å². The van der Waals surface area contributed by atoms with E-state index in [1.165, 1.54) is 25.3 Å². The molecule has 21 heavy (non-hydrogen) atoms. The number of aromatic nitrogens is 1. The molecular formula is C13H11BrF2N2O3. The van der Waals surface area contributed by atoms with Crippen LogP contribution >= 0.6 is 15.9 Å². The number of amides is 1. The van der Waals surface area contributed by atoms with Crippen LogP contribution in [-0.2, 0) is 0 Å². The van der Waals surface area contributed by atoms with E-state index in [2.05, 4.69) is 31.0 Å². The van der Waals surface area contributed by atoms with Crippen molar-refractivity contribution in [3.63, 3.8) is 0 Å². The molecule has 0 radical (unpaired) electrons. The lowest BCUT2D eigenvalue weighted by Crippen LogP contribution is -2.12. The average molecular weight is 361 g/mol. The molecule has 2 aromatic rings. The number of alkyl halides is 2. The van der Waals surface area contributed by atoms with E-state index in [4.69, 9.17) is 4.74 Å². The second-order valence-electron chi connectivity index (χ2n) is 3.93. The molecule has 0 atom stereocenters. The quantitative estimate of drug-likeness (QED) is 0.855. The van der Waals surface area contributed by atoms with Crippen LogP contribution in [0.2, 0.25) is 0 Å². The summed E-state index contributed by atoms with van der Waals surface area (Å²) in [6, 6.07) is 5.81. The number of carbonyl (C=O) groups excluding carboxylic acids is 1. The zero-order chi connectivity index (χ0) is 15.4. The second kappa shape index (κ2) is 6.57. The number of hydrogen-bond donors (Lipinski definition) is 2. The summed E-state index contributed by atoms with van der Waals surface area (Å²) >= 11 is 3.21. The maximum atomic E-state index is 12.3. The van der Waals surface area contributed by atoms with Crippen LogP contribution < -0.4 is 14.8 Å². The van der Waals surface area contributed by atoms with Gasteiger partial charge in [0, 0.05) is 22.4 Å². The number of H-pyrrole nitrogens is 1. The minimum absolute atomic E-state index is 0.149. The number of anilines is 1. The lowest BCUT2D eigenvalue weighted by Gasteiger charge is -2.12. The Kier molecular flexibility index (Phi) is 4.79. The first-order chi connectivity index (χ1) is 9.99. The topological polar surface area (TPSA) is 63.3 Å². The first kappa shape index (κ1) is 15.3. The van der Waals surface area contributed by atoms with Gasteiger partial charge in [-0.1, -0.05) is 0 Å². The molecule has 0 saturated carbocycles. The van der Waals surface area contributed by atoms with Crippen molar-refractivity contribution in [2.75, 3.05) is 12.4 Å². The maximum absolute atomic E-state index is 12.3. The second-order valence-corrected chi connectivity index (χ2v) is 4.85. The zero-order valence-corrected chi connectivity index (χ0v) is 12.4. The van der Waals surface area contributed by atoms with Crippen molar-refractivity contribution in [3.8, 4) is 11.5 Å². The smallest absolute Gasteiger partial charge is 0.387 e. The summed E-state index contributed by atoms with van der Waals surface area (Å²) in [6.07, 6.45) is 1.61. The van der Waals surface area contributed by atoms with E-state index in [9.17, 15) is 13.6 Å². The van der Waals surface area contributed by atoms with Crippen LogP contribution in [0.15, 0.2) is 34.9 Å². The Morgan fingerprint density at radius 2 is 2.10 bits per heavy atom. The number of aromatic amines is 1. The normalized spacial score (nSPS) is 10.5. The van der Waals surface area contributed by atoms with E-state index in [1.807, 2.05) is 0 Å². The molecule has 112 valence electrons. The third-order valence-electron chi connectivity index (χ3n) is 2.53. The molecule has 0 spiro atoms. The van der Waals surface area contributed by atoms with Gasteiger partial charge in [-0.25, -0.2) is 0 Å². The molecule has 0 aliphatic heterocycles. The maximum Gasteiger partial charge on any atom is 0.387 e. The number of benzene rings is 1. The van der Waals surface area contributed by atoms with Gasteiger partial charge in [-0.15, -0.1) is 0 Å². The Bertz CT molecular complexity index is 646. The van der Waals surface area contributed by atoms with Crippen LogP contribution in [0, 0.1) is 0 Å². The van der Waals surface area contributed by atoms with Gasteiger partial charge in [-0.3, -0.25) is 4.79 Å². The first-order valence-electron chi connectivity index (χ1n) is 5.77. The predicted molar refractivity (Wildman–Crippen MR) is 76.1 cm³/mol. The summed E-state index contributed by atoms with van der Waals surface area (Å²) in [5.41, 5.74) is 0.635.